The highest BCUT2D eigenvalue weighted by atomic mass is 32.2. The Labute approximate surface area is 149 Å². The molecule has 2 fully saturated rings. The zero-order valence-electron chi connectivity index (χ0n) is 14.6. The van der Waals surface area contributed by atoms with Gasteiger partial charge < -0.3 is 4.42 Å². The van der Waals surface area contributed by atoms with Gasteiger partial charge in [0.25, 0.3) is 0 Å². The third kappa shape index (κ3) is 2.33. The summed E-state index contributed by atoms with van der Waals surface area (Å²) in [5, 5.41) is 0. The minimum Gasteiger partial charge on any atom is -0.465 e. The van der Waals surface area contributed by atoms with Crippen molar-refractivity contribution in [2.75, 3.05) is 13.1 Å². The van der Waals surface area contributed by atoms with Gasteiger partial charge in [0.2, 0.25) is 10.0 Å². The first-order valence-corrected chi connectivity index (χ1v) is 10.2. The van der Waals surface area contributed by atoms with Gasteiger partial charge in [-0.3, -0.25) is 0 Å². The number of fused-ring (bicyclic) bond motifs is 1. The van der Waals surface area contributed by atoms with Crippen LogP contribution in [0.3, 0.4) is 0 Å². The van der Waals surface area contributed by atoms with Crippen LogP contribution in [0.1, 0.15) is 24.7 Å². The highest BCUT2D eigenvalue weighted by Gasteiger charge is 2.70. The zero-order chi connectivity index (χ0) is 17.8. The molecule has 0 amide bonds. The van der Waals surface area contributed by atoms with Crippen molar-refractivity contribution in [2.45, 2.75) is 25.2 Å². The molecule has 3 atom stereocenters. The average Bonchev–Trinajstić information content (AvgIpc) is 3.01. The largest absolute Gasteiger partial charge is 0.465 e. The van der Waals surface area contributed by atoms with E-state index in [0.29, 0.717) is 29.8 Å². The van der Waals surface area contributed by atoms with Gasteiger partial charge in [-0.2, -0.15) is 4.31 Å². The lowest BCUT2D eigenvalue weighted by Gasteiger charge is -2.24. The van der Waals surface area contributed by atoms with Crippen LogP contribution in [0.25, 0.3) is 5.57 Å². The smallest absolute Gasteiger partial charge is 0.243 e. The summed E-state index contributed by atoms with van der Waals surface area (Å²) in [5.74, 6) is 1.58. The van der Waals surface area contributed by atoms with Crippen LogP contribution in [0, 0.1) is 24.2 Å². The molecule has 2 aliphatic rings. The summed E-state index contributed by atoms with van der Waals surface area (Å²) in [5.41, 5.74) is 1.82. The number of sulfonamides is 1. The lowest BCUT2D eigenvalue weighted by atomic mass is 9.91. The minimum atomic E-state index is -3.47. The van der Waals surface area contributed by atoms with Crippen molar-refractivity contribution in [3.63, 3.8) is 0 Å². The normalized spacial score (nSPS) is 28.7. The number of benzene rings is 1. The van der Waals surface area contributed by atoms with Crippen molar-refractivity contribution in [3.8, 4) is 0 Å². The number of aryl methyl sites for hydroxylation is 1. The van der Waals surface area contributed by atoms with Gasteiger partial charge in [-0.05, 0) is 48.6 Å². The van der Waals surface area contributed by atoms with Crippen LogP contribution in [0.5, 0.6) is 0 Å². The fraction of sp³-hybridized carbons (Fsp3) is 0.400. The molecule has 0 unspecified atom stereocenters. The van der Waals surface area contributed by atoms with E-state index in [0.717, 1.165) is 23.3 Å². The summed E-state index contributed by atoms with van der Waals surface area (Å²) >= 11 is 0. The first kappa shape index (κ1) is 16.6. The first-order chi connectivity index (χ1) is 11.9. The first-order valence-electron chi connectivity index (χ1n) is 8.71. The molecular weight excluding hydrogens is 334 g/mol. The van der Waals surface area contributed by atoms with E-state index in [-0.39, 0.29) is 5.41 Å². The van der Waals surface area contributed by atoms with E-state index in [2.05, 4.69) is 13.5 Å². The van der Waals surface area contributed by atoms with Gasteiger partial charge in [0.05, 0.1) is 11.2 Å². The fourth-order valence-corrected chi connectivity index (χ4v) is 6.14. The Morgan fingerprint density at radius 3 is 2.64 bits per heavy atom. The Balaban J connectivity index is 1.64. The highest BCUT2D eigenvalue weighted by molar-refractivity contribution is 7.89. The lowest BCUT2D eigenvalue weighted by Crippen LogP contribution is -2.33. The van der Waals surface area contributed by atoms with E-state index in [9.17, 15) is 8.42 Å². The summed E-state index contributed by atoms with van der Waals surface area (Å²) in [6, 6.07) is 10.8. The Bertz CT molecular complexity index is 899. The molecule has 1 saturated heterocycles. The Hall–Kier alpha value is -1.85. The van der Waals surface area contributed by atoms with Crippen LogP contribution in [-0.4, -0.2) is 25.8 Å². The monoisotopic (exact) mass is 357 g/mol. The van der Waals surface area contributed by atoms with Gasteiger partial charge in [-0.1, -0.05) is 37.6 Å². The van der Waals surface area contributed by atoms with E-state index >= 15 is 0 Å². The molecule has 1 aliphatic heterocycles. The summed E-state index contributed by atoms with van der Waals surface area (Å²) in [7, 11) is -3.47. The van der Waals surface area contributed by atoms with Crippen molar-refractivity contribution in [2.24, 2.45) is 17.3 Å². The van der Waals surface area contributed by atoms with Crippen LogP contribution < -0.4 is 0 Å². The van der Waals surface area contributed by atoms with E-state index in [1.807, 2.05) is 31.2 Å². The fourth-order valence-electron chi connectivity index (χ4n) is 4.62. The molecule has 132 valence electrons. The van der Waals surface area contributed by atoms with Crippen LogP contribution in [0.2, 0.25) is 0 Å². The molecule has 2 heterocycles. The molecule has 2 aromatic rings. The average molecular weight is 357 g/mol. The van der Waals surface area contributed by atoms with E-state index in [1.165, 1.54) is 0 Å². The third-order valence-electron chi connectivity index (χ3n) is 6.02. The van der Waals surface area contributed by atoms with Gasteiger partial charge in [0.15, 0.2) is 0 Å². The molecule has 5 heteroatoms. The number of nitrogens with zero attached hydrogens (tertiary/aromatic N) is 1. The van der Waals surface area contributed by atoms with Crippen molar-refractivity contribution in [1.82, 2.24) is 4.31 Å². The SMILES string of the molecule is C=C(c1ccco1)[C@@]12CN(S(=O)(=O)c3ccc(C)cc3)C[C@@H]1[C@H]2CC. The molecule has 0 bridgehead atoms. The van der Waals surface area contributed by atoms with Crippen molar-refractivity contribution < 1.29 is 12.8 Å². The highest BCUT2D eigenvalue weighted by Crippen LogP contribution is 2.70. The van der Waals surface area contributed by atoms with Gasteiger partial charge >= 0.3 is 0 Å². The van der Waals surface area contributed by atoms with Crippen LogP contribution in [0.15, 0.2) is 58.6 Å². The van der Waals surface area contributed by atoms with Gasteiger partial charge in [-0.15, -0.1) is 0 Å². The Morgan fingerprint density at radius 1 is 1.32 bits per heavy atom. The predicted octanol–water partition coefficient (Wildman–Crippen LogP) is 3.95. The summed E-state index contributed by atoms with van der Waals surface area (Å²) in [4.78, 5) is 0.367. The van der Waals surface area contributed by atoms with Crippen molar-refractivity contribution in [3.05, 3.63) is 60.6 Å². The van der Waals surface area contributed by atoms with E-state index < -0.39 is 10.0 Å². The number of rotatable bonds is 5. The van der Waals surface area contributed by atoms with E-state index in [1.54, 1.807) is 22.7 Å². The maximum Gasteiger partial charge on any atom is 0.243 e. The molecule has 1 aromatic heterocycles. The number of piperidine rings is 1. The van der Waals surface area contributed by atoms with E-state index in [4.69, 9.17) is 4.42 Å². The molecule has 4 rings (SSSR count). The molecule has 0 radical (unpaired) electrons. The minimum absolute atomic E-state index is 0.176. The standard InChI is InChI=1S/C20H23NO3S/c1-4-17-18-12-21(25(22,23)16-9-7-14(2)8-10-16)13-20(17,18)15(3)19-6-5-11-24-19/h5-11,17-18H,3-4,12-13H2,1-2H3/t17-,18-,20-/m1/s1. The molecular formula is C20H23NO3S. The second-order valence-electron chi connectivity index (χ2n) is 7.23. The van der Waals surface area contributed by atoms with Crippen LogP contribution in [0.4, 0.5) is 0 Å². The Kier molecular flexibility index (Phi) is 3.71. The molecule has 1 aromatic carbocycles. The molecule has 25 heavy (non-hydrogen) atoms. The van der Waals surface area contributed by atoms with Crippen molar-refractivity contribution in [1.29, 1.82) is 0 Å². The number of furan rings is 1. The zero-order valence-corrected chi connectivity index (χ0v) is 15.4. The van der Waals surface area contributed by atoms with Crippen LogP contribution in [-0.2, 0) is 10.0 Å². The summed E-state index contributed by atoms with van der Waals surface area (Å²) in [6.45, 7) is 9.45. The molecule has 0 N–H and O–H groups in total. The summed E-state index contributed by atoms with van der Waals surface area (Å²) in [6.07, 6.45) is 2.67. The van der Waals surface area contributed by atoms with Crippen LogP contribution >= 0.6 is 0 Å². The molecule has 1 saturated carbocycles. The second-order valence-corrected chi connectivity index (χ2v) is 9.17. The molecule has 4 nitrogen and oxygen atoms in total. The predicted molar refractivity (Wildman–Crippen MR) is 97.4 cm³/mol. The van der Waals surface area contributed by atoms with Gasteiger partial charge in [0, 0.05) is 18.5 Å². The topological polar surface area (TPSA) is 50.5 Å². The molecule has 0 spiro atoms. The molecule has 1 aliphatic carbocycles. The number of hydrogen-bond acceptors (Lipinski definition) is 3. The number of hydrogen-bond donors (Lipinski definition) is 0. The van der Waals surface area contributed by atoms with Crippen molar-refractivity contribution >= 4 is 15.6 Å². The van der Waals surface area contributed by atoms with Gasteiger partial charge in [-0.25, -0.2) is 8.42 Å². The van der Waals surface area contributed by atoms with Gasteiger partial charge in [0.1, 0.15) is 5.76 Å². The maximum absolute atomic E-state index is 13.0. The third-order valence-corrected chi connectivity index (χ3v) is 7.84. The maximum atomic E-state index is 13.0. The quantitative estimate of drug-likeness (QED) is 0.814. The lowest BCUT2D eigenvalue weighted by molar-refractivity contribution is 0.386. The second kappa shape index (κ2) is 5.58. The summed E-state index contributed by atoms with van der Waals surface area (Å²) < 4.78 is 33.2. The Morgan fingerprint density at radius 2 is 2.04 bits per heavy atom.